The standard InChI is InChI=1S/C9H12O2/c1-3-6(2)8-4-7(10)5-9(8)11/h3-4,6-7,10H,1,5H2,2H3/t6?,7-/m1/s1. The van der Waals surface area contributed by atoms with Crippen LogP contribution in [0.5, 0.6) is 0 Å². The average molecular weight is 152 g/mol. The first-order chi connectivity index (χ1) is 5.15. The molecule has 1 aliphatic rings. The first kappa shape index (κ1) is 8.21. The summed E-state index contributed by atoms with van der Waals surface area (Å²) in [6.45, 7) is 5.49. The molecule has 0 bridgehead atoms. The molecule has 11 heavy (non-hydrogen) atoms. The van der Waals surface area contributed by atoms with Gasteiger partial charge in [0.1, 0.15) is 0 Å². The highest BCUT2D eigenvalue weighted by Crippen LogP contribution is 2.22. The second-order valence-electron chi connectivity index (χ2n) is 2.84. The summed E-state index contributed by atoms with van der Waals surface area (Å²) in [5.41, 5.74) is 0.701. The smallest absolute Gasteiger partial charge is 0.162 e. The van der Waals surface area contributed by atoms with Crippen LogP contribution < -0.4 is 0 Å². The van der Waals surface area contributed by atoms with Crippen LogP contribution in [0.2, 0.25) is 0 Å². The van der Waals surface area contributed by atoms with Crippen molar-refractivity contribution in [3.8, 4) is 0 Å². The van der Waals surface area contributed by atoms with Crippen LogP contribution in [0.1, 0.15) is 13.3 Å². The Morgan fingerprint density at radius 3 is 2.91 bits per heavy atom. The number of rotatable bonds is 2. The fraction of sp³-hybridized carbons (Fsp3) is 0.444. The third-order valence-corrected chi connectivity index (χ3v) is 1.93. The molecule has 0 aromatic heterocycles. The second-order valence-corrected chi connectivity index (χ2v) is 2.84. The van der Waals surface area contributed by atoms with Gasteiger partial charge in [0.05, 0.1) is 6.10 Å². The van der Waals surface area contributed by atoms with Crippen LogP contribution in [0, 0.1) is 5.92 Å². The molecule has 0 fully saturated rings. The molecule has 0 radical (unpaired) electrons. The van der Waals surface area contributed by atoms with Crippen molar-refractivity contribution in [1.82, 2.24) is 0 Å². The van der Waals surface area contributed by atoms with Gasteiger partial charge >= 0.3 is 0 Å². The van der Waals surface area contributed by atoms with Gasteiger partial charge in [-0.3, -0.25) is 4.79 Å². The Hall–Kier alpha value is -0.890. The molecule has 0 aromatic carbocycles. The van der Waals surface area contributed by atoms with Gasteiger partial charge < -0.3 is 5.11 Å². The van der Waals surface area contributed by atoms with Gasteiger partial charge in [-0.25, -0.2) is 0 Å². The maximum Gasteiger partial charge on any atom is 0.162 e. The van der Waals surface area contributed by atoms with Gasteiger partial charge in [0.25, 0.3) is 0 Å². The topological polar surface area (TPSA) is 37.3 Å². The minimum Gasteiger partial charge on any atom is -0.389 e. The third-order valence-electron chi connectivity index (χ3n) is 1.93. The molecule has 0 spiro atoms. The molecular weight excluding hydrogens is 140 g/mol. The number of Topliss-reactive ketones (excluding diaryl/α,β-unsaturated/α-hetero) is 1. The van der Waals surface area contributed by atoms with E-state index in [4.69, 9.17) is 5.11 Å². The quantitative estimate of drug-likeness (QED) is 0.601. The molecule has 0 amide bonds. The van der Waals surface area contributed by atoms with E-state index in [1.165, 1.54) is 0 Å². The van der Waals surface area contributed by atoms with Gasteiger partial charge in [-0.05, 0) is 6.08 Å². The first-order valence-electron chi connectivity index (χ1n) is 3.70. The molecule has 1 unspecified atom stereocenters. The SMILES string of the molecule is C=CC(C)C1=C[C@@H](O)CC1=O. The molecule has 1 aliphatic carbocycles. The summed E-state index contributed by atoms with van der Waals surface area (Å²) in [5, 5.41) is 9.08. The molecule has 2 heteroatoms. The molecule has 0 heterocycles. The fourth-order valence-corrected chi connectivity index (χ4v) is 1.20. The summed E-state index contributed by atoms with van der Waals surface area (Å²) in [6.07, 6.45) is 3.00. The zero-order valence-corrected chi connectivity index (χ0v) is 6.58. The summed E-state index contributed by atoms with van der Waals surface area (Å²) in [6, 6.07) is 0. The van der Waals surface area contributed by atoms with Crippen molar-refractivity contribution in [1.29, 1.82) is 0 Å². The van der Waals surface area contributed by atoms with Crippen LogP contribution in [-0.4, -0.2) is 17.0 Å². The summed E-state index contributed by atoms with van der Waals surface area (Å²) in [4.78, 5) is 11.1. The van der Waals surface area contributed by atoms with E-state index in [-0.39, 0.29) is 18.1 Å². The molecule has 2 atom stereocenters. The van der Waals surface area contributed by atoms with Crippen molar-refractivity contribution in [2.75, 3.05) is 0 Å². The maximum absolute atomic E-state index is 11.1. The Balaban J connectivity index is 2.78. The zero-order chi connectivity index (χ0) is 8.43. The number of aliphatic hydroxyl groups excluding tert-OH is 1. The Kier molecular flexibility index (Phi) is 2.25. The van der Waals surface area contributed by atoms with Crippen LogP contribution >= 0.6 is 0 Å². The second kappa shape index (κ2) is 3.01. The lowest BCUT2D eigenvalue weighted by molar-refractivity contribution is -0.116. The van der Waals surface area contributed by atoms with Gasteiger partial charge in [0, 0.05) is 17.9 Å². The lowest BCUT2D eigenvalue weighted by Gasteiger charge is -2.03. The largest absolute Gasteiger partial charge is 0.389 e. The number of carbonyl (C=O) groups excluding carboxylic acids is 1. The van der Waals surface area contributed by atoms with Gasteiger partial charge in [0.2, 0.25) is 0 Å². The van der Waals surface area contributed by atoms with E-state index in [0.29, 0.717) is 5.57 Å². The molecule has 1 rings (SSSR count). The van der Waals surface area contributed by atoms with Crippen molar-refractivity contribution >= 4 is 5.78 Å². The summed E-state index contributed by atoms with van der Waals surface area (Å²) in [7, 11) is 0. The highest BCUT2D eigenvalue weighted by atomic mass is 16.3. The highest BCUT2D eigenvalue weighted by molar-refractivity contribution is 5.99. The average Bonchev–Trinajstić information content (AvgIpc) is 2.28. The van der Waals surface area contributed by atoms with Gasteiger partial charge in [-0.15, -0.1) is 6.58 Å². The van der Waals surface area contributed by atoms with Crippen LogP contribution in [-0.2, 0) is 4.79 Å². The van der Waals surface area contributed by atoms with Gasteiger partial charge in [-0.1, -0.05) is 13.0 Å². The maximum atomic E-state index is 11.1. The number of aliphatic hydroxyl groups is 1. The van der Waals surface area contributed by atoms with Crippen molar-refractivity contribution in [3.05, 3.63) is 24.3 Å². The van der Waals surface area contributed by atoms with Gasteiger partial charge in [0.15, 0.2) is 5.78 Å². The van der Waals surface area contributed by atoms with E-state index in [9.17, 15) is 4.79 Å². The molecule has 1 N–H and O–H groups in total. The fourth-order valence-electron chi connectivity index (χ4n) is 1.20. The van der Waals surface area contributed by atoms with E-state index in [2.05, 4.69) is 6.58 Å². The summed E-state index contributed by atoms with van der Waals surface area (Å²) < 4.78 is 0. The number of carbonyl (C=O) groups is 1. The van der Waals surface area contributed by atoms with E-state index >= 15 is 0 Å². The van der Waals surface area contributed by atoms with Crippen LogP contribution in [0.15, 0.2) is 24.3 Å². The van der Waals surface area contributed by atoms with Crippen LogP contribution in [0.25, 0.3) is 0 Å². The molecule has 0 aliphatic heterocycles. The summed E-state index contributed by atoms with van der Waals surface area (Å²) in [5.74, 6) is 0.115. The van der Waals surface area contributed by atoms with Crippen LogP contribution in [0.3, 0.4) is 0 Å². The Morgan fingerprint density at radius 1 is 1.91 bits per heavy atom. The van der Waals surface area contributed by atoms with Gasteiger partial charge in [-0.2, -0.15) is 0 Å². The Labute approximate surface area is 66.2 Å². The molecule has 0 aromatic rings. The van der Waals surface area contributed by atoms with Crippen LogP contribution in [0.4, 0.5) is 0 Å². The molecule has 0 saturated carbocycles. The Bertz CT molecular complexity index is 216. The minimum atomic E-state index is -0.570. The third kappa shape index (κ3) is 1.57. The zero-order valence-electron chi connectivity index (χ0n) is 6.58. The van der Waals surface area contributed by atoms with E-state index in [1.807, 2.05) is 6.92 Å². The minimum absolute atomic E-state index is 0.0462. The van der Waals surface area contributed by atoms with Crippen molar-refractivity contribution in [3.63, 3.8) is 0 Å². The first-order valence-corrected chi connectivity index (χ1v) is 3.70. The van der Waals surface area contributed by atoms with E-state index in [1.54, 1.807) is 12.2 Å². The van der Waals surface area contributed by atoms with Crippen molar-refractivity contribution < 1.29 is 9.90 Å². The van der Waals surface area contributed by atoms with E-state index in [0.717, 1.165) is 0 Å². The van der Waals surface area contributed by atoms with E-state index < -0.39 is 6.10 Å². The summed E-state index contributed by atoms with van der Waals surface area (Å²) >= 11 is 0. The molecule has 60 valence electrons. The number of ketones is 1. The van der Waals surface area contributed by atoms with Crippen molar-refractivity contribution in [2.45, 2.75) is 19.4 Å². The predicted octanol–water partition coefficient (Wildman–Crippen LogP) is 1.07. The predicted molar refractivity (Wildman–Crippen MR) is 43.1 cm³/mol. The Morgan fingerprint density at radius 2 is 2.55 bits per heavy atom. The monoisotopic (exact) mass is 152 g/mol. The lowest BCUT2D eigenvalue weighted by atomic mass is 10.0. The normalized spacial score (nSPS) is 26.5. The molecular formula is C9H12O2. The lowest BCUT2D eigenvalue weighted by Crippen LogP contribution is -2.04. The number of hydrogen-bond donors (Lipinski definition) is 1. The highest BCUT2D eigenvalue weighted by Gasteiger charge is 2.24. The molecule has 0 saturated heterocycles. The number of allylic oxidation sites excluding steroid dienone is 2. The van der Waals surface area contributed by atoms with Crippen molar-refractivity contribution in [2.24, 2.45) is 5.92 Å². The number of hydrogen-bond acceptors (Lipinski definition) is 2. The molecule has 2 nitrogen and oxygen atoms in total.